The van der Waals surface area contributed by atoms with E-state index in [-0.39, 0.29) is 30.9 Å². The van der Waals surface area contributed by atoms with Crippen LogP contribution in [0.3, 0.4) is 0 Å². The largest absolute Gasteiger partial charge is 0.365 e. The molecule has 4 aromatic rings. The Morgan fingerprint density at radius 1 is 0.683 bits per heavy atom. The van der Waals surface area contributed by atoms with Gasteiger partial charge in [0.25, 0.3) is 0 Å². The van der Waals surface area contributed by atoms with Gasteiger partial charge in [-0.15, -0.1) is 12.4 Å². The van der Waals surface area contributed by atoms with Crippen molar-refractivity contribution < 1.29 is 9.13 Å². The summed E-state index contributed by atoms with van der Waals surface area (Å²) in [7, 11) is 0. The van der Waals surface area contributed by atoms with Crippen LogP contribution in [-0.4, -0.2) is 22.0 Å². The lowest BCUT2D eigenvalue weighted by Gasteiger charge is -2.34. The van der Waals surface area contributed by atoms with Crippen molar-refractivity contribution in [2.24, 2.45) is 0 Å². The third-order valence-electron chi connectivity index (χ3n) is 6.68. The van der Waals surface area contributed by atoms with E-state index in [9.17, 15) is 4.39 Å². The maximum absolute atomic E-state index is 13.8. The normalized spacial score (nSPS) is 15.0. The molecule has 3 nitrogen and oxygen atoms in total. The Labute approximate surface area is 270 Å². The van der Waals surface area contributed by atoms with Crippen LogP contribution in [0, 0.1) is 5.82 Å². The number of halogens is 7. The van der Waals surface area contributed by atoms with Gasteiger partial charge in [-0.25, -0.2) is 4.39 Å². The molecule has 1 heterocycles. The zero-order valence-electron chi connectivity index (χ0n) is 21.4. The quantitative estimate of drug-likeness (QED) is 0.130. The van der Waals surface area contributed by atoms with Crippen molar-refractivity contribution in [2.45, 2.75) is 24.3 Å². The molecule has 0 radical (unpaired) electrons. The van der Waals surface area contributed by atoms with E-state index < -0.39 is 11.6 Å². The summed E-state index contributed by atoms with van der Waals surface area (Å²) in [5.41, 5.74) is 3.04. The van der Waals surface area contributed by atoms with E-state index >= 15 is 0 Å². The van der Waals surface area contributed by atoms with Gasteiger partial charge in [0.15, 0.2) is 0 Å². The van der Waals surface area contributed by atoms with Crippen molar-refractivity contribution in [3.63, 3.8) is 0 Å². The van der Waals surface area contributed by atoms with Crippen LogP contribution in [0.4, 0.5) is 4.39 Å². The molecule has 0 N–H and O–H groups in total. The van der Waals surface area contributed by atoms with Gasteiger partial charge in [0.2, 0.25) is 0 Å². The van der Waals surface area contributed by atoms with E-state index in [0.717, 1.165) is 22.3 Å². The molecule has 4 aromatic carbocycles. The van der Waals surface area contributed by atoms with Crippen molar-refractivity contribution >= 4 is 70.4 Å². The van der Waals surface area contributed by atoms with Crippen molar-refractivity contribution in [1.82, 2.24) is 9.80 Å². The Morgan fingerprint density at radius 2 is 1.20 bits per heavy atom. The van der Waals surface area contributed by atoms with Gasteiger partial charge in [-0.05, 0) is 70.8 Å². The summed E-state index contributed by atoms with van der Waals surface area (Å²) in [5, 5.41) is 2.33. The first-order chi connectivity index (χ1) is 19.3. The third-order valence-corrected chi connectivity index (χ3v) is 8.25. The summed E-state index contributed by atoms with van der Waals surface area (Å²) < 4.78 is 20.1. The molecular weight excluding hydrogens is 648 g/mol. The average molecular weight is 673 g/mol. The molecule has 5 rings (SSSR count). The Kier molecular flexibility index (Phi) is 11.1. The second kappa shape index (κ2) is 14.3. The van der Waals surface area contributed by atoms with Crippen molar-refractivity contribution in [3.8, 4) is 0 Å². The molecule has 0 bridgehead atoms. The highest BCUT2D eigenvalue weighted by atomic mass is 35.5. The molecule has 0 saturated heterocycles. The highest BCUT2D eigenvalue weighted by molar-refractivity contribution is 6.35. The van der Waals surface area contributed by atoms with Crippen LogP contribution in [-0.2, 0) is 11.3 Å². The van der Waals surface area contributed by atoms with Crippen molar-refractivity contribution in [3.05, 3.63) is 152 Å². The number of alkyl halides is 1. The molecule has 0 spiro atoms. The molecule has 3 atom stereocenters. The molecule has 1 aliphatic heterocycles. The van der Waals surface area contributed by atoms with Crippen LogP contribution >= 0.6 is 70.4 Å². The predicted octanol–water partition coefficient (Wildman–Crippen LogP) is 10.5. The van der Waals surface area contributed by atoms with Crippen LogP contribution in [0.25, 0.3) is 0 Å². The highest BCUT2D eigenvalue weighted by Gasteiger charge is 2.32. The van der Waals surface area contributed by atoms with Crippen LogP contribution in [0.15, 0.2) is 103 Å². The van der Waals surface area contributed by atoms with Crippen LogP contribution in [0.1, 0.15) is 34.4 Å². The second-order valence-corrected chi connectivity index (χ2v) is 11.5. The lowest BCUT2D eigenvalue weighted by atomic mass is 9.97. The molecule has 0 aromatic heterocycles. The third kappa shape index (κ3) is 7.82. The fourth-order valence-electron chi connectivity index (χ4n) is 4.63. The van der Waals surface area contributed by atoms with E-state index in [2.05, 4.69) is 4.90 Å². The second-order valence-electron chi connectivity index (χ2n) is 9.37. The molecule has 41 heavy (non-hydrogen) atoms. The maximum Gasteiger partial charge on any atom is 0.135 e. The van der Waals surface area contributed by atoms with E-state index in [4.69, 9.17) is 62.7 Å². The van der Waals surface area contributed by atoms with Gasteiger partial charge in [-0.2, -0.15) is 0 Å². The Hall–Kier alpha value is -2.15. The predicted molar refractivity (Wildman–Crippen MR) is 170 cm³/mol. The fraction of sp³-hybridized carbons (Fsp3) is 0.161. The number of hydrogen-bond acceptors (Lipinski definition) is 3. The molecule has 10 heteroatoms. The van der Waals surface area contributed by atoms with Crippen LogP contribution in [0.2, 0.25) is 20.1 Å². The summed E-state index contributed by atoms with van der Waals surface area (Å²) in [4.78, 5) is 4.14. The zero-order valence-corrected chi connectivity index (χ0v) is 26.0. The standard InChI is InChI=1S/C31H24Cl5FN2O.ClH/c32-24-8-1-20(2-9-24)29(21-6-13-27(37)14-7-21)38-15-16-39(19-38)31(36)30(22-3-10-25(33)11-4-22)40-18-23-5-12-26(34)17-28(23)35;/h1-17,29-31H,18-19H2;1H. The van der Waals surface area contributed by atoms with Gasteiger partial charge >= 0.3 is 0 Å². The van der Waals surface area contributed by atoms with Gasteiger partial charge in [0, 0.05) is 32.5 Å². The monoisotopic (exact) mass is 670 g/mol. The molecular formula is C31H25Cl6FN2O. The minimum absolute atomic E-state index is 0. The van der Waals surface area contributed by atoms with E-state index in [1.807, 2.05) is 71.9 Å². The summed E-state index contributed by atoms with van der Waals surface area (Å²) in [6, 6.07) is 26.7. The van der Waals surface area contributed by atoms with Crippen LogP contribution < -0.4 is 0 Å². The SMILES string of the molecule is Cl.Fc1ccc(C(c2ccc(Cl)cc2)N2C=CN(C(Cl)C(OCc3ccc(Cl)cc3Cl)c3ccc(Cl)cc3)C2)cc1. The zero-order chi connectivity index (χ0) is 28.2. The molecule has 0 aliphatic carbocycles. The fourth-order valence-corrected chi connectivity index (χ4v) is 5.69. The van der Waals surface area contributed by atoms with E-state index in [0.29, 0.717) is 26.8 Å². The highest BCUT2D eigenvalue weighted by Crippen LogP contribution is 2.37. The topological polar surface area (TPSA) is 15.7 Å². The molecule has 0 amide bonds. The van der Waals surface area contributed by atoms with Crippen molar-refractivity contribution in [2.75, 3.05) is 6.67 Å². The minimum Gasteiger partial charge on any atom is -0.365 e. The molecule has 0 saturated carbocycles. The number of nitrogens with zero attached hydrogens (tertiary/aromatic N) is 2. The summed E-state index contributed by atoms with van der Waals surface area (Å²) in [6.45, 7) is 0.699. The average Bonchev–Trinajstić information content (AvgIpc) is 3.43. The van der Waals surface area contributed by atoms with Gasteiger partial charge in [0.05, 0.1) is 19.3 Å². The molecule has 0 fully saturated rings. The van der Waals surface area contributed by atoms with E-state index in [1.165, 1.54) is 12.1 Å². The smallest absolute Gasteiger partial charge is 0.135 e. The van der Waals surface area contributed by atoms with Gasteiger partial charge in [-0.1, -0.05) is 100 Å². The van der Waals surface area contributed by atoms with Crippen LogP contribution in [0.5, 0.6) is 0 Å². The molecule has 214 valence electrons. The number of rotatable bonds is 9. The number of ether oxygens (including phenoxy) is 1. The summed E-state index contributed by atoms with van der Waals surface area (Å²) in [6.07, 6.45) is 3.40. The first kappa shape index (κ1) is 31.8. The van der Waals surface area contributed by atoms with E-state index in [1.54, 1.807) is 24.3 Å². The van der Waals surface area contributed by atoms with Gasteiger partial charge in [-0.3, -0.25) is 0 Å². The Balaban J connectivity index is 0.00000387. The number of hydrogen-bond donors (Lipinski definition) is 0. The van der Waals surface area contributed by atoms with Crippen molar-refractivity contribution in [1.29, 1.82) is 0 Å². The lowest BCUT2D eigenvalue weighted by molar-refractivity contribution is 0.00582. The first-order valence-corrected chi connectivity index (χ1v) is 14.4. The number of benzene rings is 4. The summed E-state index contributed by atoms with van der Waals surface area (Å²) >= 11 is 31.9. The molecule has 3 unspecified atom stereocenters. The Bertz CT molecular complexity index is 1420. The molecule has 1 aliphatic rings. The van der Waals surface area contributed by atoms with Gasteiger partial charge in [0.1, 0.15) is 17.4 Å². The van der Waals surface area contributed by atoms with Gasteiger partial charge < -0.3 is 14.5 Å². The summed E-state index contributed by atoms with van der Waals surface area (Å²) in [5.74, 6) is -0.290. The maximum atomic E-state index is 13.8. The Morgan fingerprint density at radius 3 is 1.78 bits per heavy atom. The minimum atomic E-state index is -0.576. The first-order valence-electron chi connectivity index (χ1n) is 12.4. The lowest BCUT2D eigenvalue weighted by Crippen LogP contribution is -2.37.